The van der Waals surface area contributed by atoms with Gasteiger partial charge in [-0.2, -0.15) is 18.4 Å². The summed E-state index contributed by atoms with van der Waals surface area (Å²) in [6.07, 6.45) is -3.74. The predicted molar refractivity (Wildman–Crippen MR) is 118 cm³/mol. The van der Waals surface area contributed by atoms with Crippen molar-refractivity contribution in [3.63, 3.8) is 0 Å². The number of hydrogen-bond donors (Lipinski definition) is 2. The Kier molecular flexibility index (Phi) is 6.87. The van der Waals surface area contributed by atoms with Crippen LogP contribution in [-0.4, -0.2) is 41.1 Å². The molecule has 0 unspecified atom stereocenters. The number of halogens is 4. The second kappa shape index (κ2) is 9.41. The Morgan fingerprint density at radius 1 is 1.19 bits per heavy atom. The number of alkyl halides is 3. The minimum atomic E-state index is -4.51. The van der Waals surface area contributed by atoms with Gasteiger partial charge in [-0.1, -0.05) is 42.0 Å². The first-order valence-corrected chi connectivity index (χ1v) is 9.98. The van der Waals surface area contributed by atoms with Crippen LogP contribution in [0.5, 0.6) is 0 Å². The lowest BCUT2D eigenvalue weighted by Gasteiger charge is -2.37. The molecule has 0 amide bonds. The third-order valence-corrected chi connectivity index (χ3v) is 5.28. The number of rotatable bonds is 4. The number of pyridine rings is 1. The van der Waals surface area contributed by atoms with Crippen LogP contribution in [0.4, 0.5) is 24.7 Å². The molecule has 2 heterocycles. The molecule has 3 rings (SSSR count). The zero-order valence-corrected chi connectivity index (χ0v) is 17.7. The van der Waals surface area contributed by atoms with Gasteiger partial charge < -0.3 is 20.9 Å². The predicted octanol–water partition coefficient (Wildman–Crippen LogP) is 4.01. The SMILES string of the molecule is N#C/C(C(=S)Nc1ccccc1)=C(/N)N1CCN(c2ncc(C(F)(F)F)cc2Cl)CC1. The van der Waals surface area contributed by atoms with E-state index in [2.05, 4.69) is 10.3 Å². The van der Waals surface area contributed by atoms with Gasteiger partial charge in [-0.15, -0.1) is 0 Å². The summed E-state index contributed by atoms with van der Waals surface area (Å²) in [4.78, 5) is 7.68. The number of anilines is 2. The van der Waals surface area contributed by atoms with E-state index in [0.29, 0.717) is 26.2 Å². The Bertz CT molecular complexity index is 1030. The molecule has 11 heteroatoms. The lowest BCUT2D eigenvalue weighted by atomic mass is 10.2. The molecule has 3 N–H and O–H groups in total. The van der Waals surface area contributed by atoms with Crippen molar-refractivity contribution in [1.29, 1.82) is 5.26 Å². The monoisotopic (exact) mass is 466 g/mol. The summed E-state index contributed by atoms with van der Waals surface area (Å²) in [5.41, 5.74) is 6.20. The zero-order chi connectivity index (χ0) is 22.6. The first kappa shape index (κ1) is 22.7. The molecule has 162 valence electrons. The summed E-state index contributed by atoms with van der Waals surface area (Å²) in [6.45, 7) is 1.67. The van der Waals surface area contributed by atoms with Crippen LogP contribution in [0.25, 0.3) is 0 Å². The Balaban J connectivity index is 1.69. The molecule has 1 aromatic heterocycles. The smallest absolute Gasteiger partial charge is 0.384 e. The fourth-order valence-corrected chi connectivity index (χ4v) is 3.63. The molecule has 0 saturated carbocycles. The quantitative estimate of drug-likeness (QED) is 0.400. The van der Waals surface area contributed by atoms with Crippen LogP contribution in [-0.2, 0) is 6.18 Å². The zero-order valence-electron chi connectivity index (χ0n) is 16.2. The van der Waals surface area contributed by atoms with Gasteiger partial charge in [0, 0.05) is 38.1 Å². The summed E-state index contributed by atoms with van der Waals surface area (Å²) in [6, 6.07) is 12.1. The molecule has 0 spiro atoms. The van der Waals surface area contributed by atoms with Crippen LogP contribution >= 0.6 is 23.8 Å². The van der Waals surface area contributed by atoms with Crippen molar-refractivity contribution >= 4 is 40.3 Å². The van der Waals surface area contributed by atoms with Crippen molar-refractivity contribution in [2.75, 3.05) is 36.4 Å². The first-order chi connectivity index (χ1) is 14.7. The van der Waals surface area contributed by atoms with Crippen LogP contribution in [0, 0.1) is 11.3 Å². The third kappa shape index (κ3) is 5.37. The second-order valence-corrected chi connectivity index (χ2v) is 7.51. The highest BCUT2D eigenvalue weighted by molar-refractivity contribution is 7.81. The molecule has 1 aromatic carbocycles. The van der Waals surface area contributed by atoms with E-state index in [1.54, 1.807) is 9.80 Å². The van der Waals surface area contributed by atoms with Gasteiger partial charge in [0.1, 0.15) is 28.3 Å². The molecule has 1 aliphatic rings. The van der Waals surface area contributed by atoms with E-state index < -0.39 is 11.7 Å². The van der Waals surface area contributed by atoms with Gasteiger partial charge in [0.25, 0.3) is 0 Å². The van der Waals surface area contributed by atoms with Crippen LogP contribution in [0.2, 0.25) is 5.02 Å². The van der Waals surface area contributed by atoms with Gasteiger partial charge >= 0.3 is 6.18 Å². The summed E-state index contributed by atoms with van der Waals surface area (Å²) in [7, 11) is 0. The summed E-state index contributed by atoms with van der Waals surface area (Å²) in [5, 5.41) is 12.5. The van der Waals surface area contributed by atoms with Gasteiger partial charge in [0.05, 0.1) is 10.6 Å². The van der Waals surface area contributed by atoms with Crippen LogP contribution in [0.3, 0.4) is 0 Å². The highest BCUT2D eigenvalue weighted by atomic mass is 35.5. The molecule has 0 bridgehead atoms. The van der Waals surface area contributed by atoms with E-state index in [1.165, 1.54) is 0 Å². The maximum absolute atomic E-state index is 12.8. The first-order valence-electron chi connectivity index (χ1n) is 9.19. The number of nitrogens with two attached hydrogens (primary N) is 1. The number of aromatic nitrogens is 1. The van der Waals surface area contributed by atoms with Gasteiger partial charge in [-0.25, -0.2) is 4.98 Å². The molecule has 31 heavy (non-hydrogen) atoms. The number of benzene rings is 1. The molecule has 0 radical (unpaired) electrons. The standard InChI is InChI=1S/C20H18ClF3N6S/c21-16-10-13(20(22,23)24)12-27-18(16)30-8-6-29(7-9-30)17(26)15(11-25)19(31)28-14-4-2-1-3-5-14/h1-5,10,12H,6-9,26H2,(H,28,31)/b17-15+. The van der Waals surface area contributed by atoms with E-state index in [9.17, 15) is 18.4 Å². The lowest BCUT2D eigenvalue weighted by Crippen LogP contribution is -2.48. The molecular weight excluding hydrogens is 449 g/mol. The van der Waals surface area contributed by atoms with Crippen LogP contribution in [0.1, 0.15) is 5.56 Å². The molecular formula is C20H18ClF3N6S. The fraction of sp³-hybridized carbons (Fsp3) is 0.250. The number of nitrogens with zero attached hydrogens (tertiary/aromatic N) is 4. The Labute approximate surface area is 187 Å². The van der Waals surface area contributed by atoms with Crippen LogP contribution in [0.15, 0.2) is 54.0 Å². The summed E-state index contributed by atoms with van der Waals surface area (Å²) in [5.74, 6) is 0.515. The van der Waals surface area contributed by atoms with Crippen molar-refractivity contribution in [3.8, 4) is 6.07 Å². The number of nitriles is 1. The van der Waals surface area contributed by atoms with E-state index in [4.69, 9.17) is 29.6 Å². The average molecular weight is 467 g/mol. The number of thiocarbonyl (C=S) groups is 1. The highest BCUT2D eigenvalue weighted by Crippen LogP contribution is 2.33. The normalized spacial score (nSPS) is 15.2. The van der Waals surface area contributed by atoms with Crippen molar-refractivity contribution < 1.29 is 13.2 Å². The van der Waals surface area contributed by atoms with Gasteiger partial charge in [0.2, 0.25) is 0 Å². The molecule has 1 saturated heterocycles. The second-order valence-electron chi connectivity index (χ2n) is 6.69. The van der Waals surface area contributed by atoms with E-state index in [0.717, 1.165) is 18.0 Å². The summed E-state index contributed by atoms with van der Waals surface area (Å²) >= 11 is 11.4. The van der Waals surface area contributed by atoms with E-state index in [1.807, 2.05) is 36.4 Å². The largest absolute Gasteiger partial charge is 0.417 e. The van der Waals surface area contributed by atoms with Crippen molar-refractivity contribution in [2.24, 2.45) is 5.73 Å². The maximum Gasteiger partial charge on any atom is 0.417 e. The van der Waals surface area contributed by atoms with Gasteiger partial charge in [-0.05, 0) is 18.2 Å². The topological polar surface area (TPSA) is 81.2 Å². The minimum Gasteiger partial charge on any atom is -0.384 e. The minimum absolute atomic E-state index is 0.0715. The third-order valence-electron chi connectivity index (χ3n) is 4.70. The number of hydrogen-bond acceptors (Lipinski definition) is 6. The van der Waals surface area contributed by atoms with Gasteiger partial charge in [0.15, 0.2) is 0 Å². The average Bonchev–Trinajstić information content (AvgIpc) is 2.74. The lowest BCUT2D eigenvalue weighted by molar-refractivity contribution is -0.137. The van der Waals surface area contributed by atoms with Crippen molar-refractivity contribution in [2.45, 2.75) is 6.18 Å². The van der Waals surface area contributed by atoms with Crippen molar-refractivity contribution in [1.82, 2.24) is 9.88 Å². The van der Waals surface area contributed by atoms with E-state index in [-0.39, 0.29) is 27.2 Å². The highest BCUT2D eigenvalue weighted by Gasteiger charge is 2.32. The van der Waals surface area contributed by atoms with E-state index >= 15 is 0 Å². The Morgan fingerprint density at radius 2 is 1.84 bits per heavy atom. The summed E-state index contributed by atoms with van der Waals surface area (Å²) < 4.78 is 38.4. The van der Waals surface area contributed by atoms with Crippen LogP contribution < -0.4 is 16.0 Å². The maximum atomic E-state index is 12.8. The molecule has 0 aliphatic carbocycles. The molecule has 2 aromatic rings. The number of para-hydroxylation sites is 1. The Hall–Kier alpha value is -3.03. The van der Waals surface area contributed by atoms with Gasteiger partial charge in [-0.3, -0.25) is 0 Å². The number of nitrogens with one attached hydrogen (secondary N) is 1. The number of piperazine rings is 1. The molecule has 1 aliphatic heterocycles. The van der Waals surface area contributed by atoms with Crippen molar-refractivity contribution in [3.05, 3.63) is 64.6 Å². The Morgan fingerprint density at radius 3 is 2.39 bits per heavy atom. The fourth-order valence-electron chi connectivity index (χ4n) is 3.08. The molecule has 1 fully saturated rings. The molecule has 6 nitrogen and oxygen atoms in total. The molecule has 0 atom stereocenters.